The van der Waals surface area contributed by atoms with Gasteiger partial charge in [-0.1, -0.05) is 44.2 Å². The molecule has 2 amide bonds. The van der Waals surface area contributed by atoms with Crippen LogP contribution in [0.3, 0.4) is 0 Å². The summed E-state index contributed by atoms with van der Waals surface area (Å²) >= 11 is 0. The molecule has 184 valence electrons. The van der Waals surface area contributed by atoms with Gasteiger partial charge in [-0.15, -0.1) is 24.0 Å². The number of hydrogen-bond donors (Lipinski definition) is 3. The minimum atomic E-state index is -0.343. The van der Waals surface area contributed by atoms with Crippen molar-refractivity contribution in [2.24, 2.45) is 16.3 Å². The van der Waals surface area contributed by atoms with Crippen molar-refractivity contribution in [3.8, 4) is 0 Å². The van der Waals surface area contributed by atoms with Crippen LogP contribution in [0.5, 0.6) is 0 Å². The minimum Gasteiger partial charge on any atom is -0.355 e. The summed E-state index contributed by atoms with van der Waals surface area (Å²) in [5, 5.41) is 9.80. The average molecular weight is 570 g/mol. The van der Waals surface area contributed by atoms with Crippen molar-refractivity contribution in [3.05, 3.63) is 29.8 Å². The van der Waals surface area contributed by atoms with E-state index in [2.05, 4.69) is 20.9 Å². The number of amides is 2. The number of nitrogens with one attached hydrogen (secondary N) is 3. The Morgan fingerprint density at radius 3 is 2.39 bits per heavy atom. The molecule has 0 unspecified atom stereocenters. The Hall–Kier alpha value is -1.84. The van der Waals surface area contributed by atoms with Crippen molar-refractivity contribution in [2.75, 3.05) is 33.0 Å². The predicted molar refractivity (Wildman–Crippen MR) is 145 cm³/mol. The van der Waals surface area contributed by atoms with E-state index in [9.17, 15) is 9.59 Å². The van der Waals surface area contributed by atoms with E-state index in [0.29, 0.717) is 19.0 Å². The smallest absolute Gasteiger partial charge is 0.230 e. The summed E-state index contributed by atoms with van der Waals surface area (Å²) in [6.45, 7) is 1.17. The molecule has 2 saturated carbocycles. The maximum atomic E-state index is 12.8. The van der Waals surface area contributed by atoms with Crippen molar-refractivity contribution in [1.29, 1.82) is 0 Å². The minimum absolute atomic E-state index is 0. The van der Waals surface area contributed by atoms with Gasteiger partial charge in [0.25, 0.3) is 0 Å². The third-order valence-corrected chi connectivity index (χ3v) is 6.87. The van der Waals surface area contributed by atoms with Crippen molar-refractivity contribution in [3.63, 3.8) is 0 Å². The Labute approximate surface area is 215 Å². The Morgan fingerprint density at radius 2 is 1.76 bits per heavy atom. The summed E-state index contributed by atoms with van der Waals surface area (Å²) in [6.07, 6.45) is 9.53. The number of anilines is 1. The maximum absolute atomic E-state index is 12.8. The number of carbonyl (C=O) groups excluding carboxylic acids is 2. The monoisotopic (exact) mass is 569 g/mol. The molecule has 0 atom stereocenters. The highest BCUT2D eigenvalue weighted by molar-refractivity contribution is 14.0. The standard InChI is InChI=1S/C25H39N5O2.HI/c1-26-24(28-18-25(14-7-8-15-25)23(32)30(2)3)27-17-19-10-9-13-21(16-19)29-22(31)20-11-5-4-6-12-20;/h9-10,13,16,20H,4-8,11-12,14-15,17-18H2,1-3H3,(H,29,31)(H2,26,27,28);1H. The highest BCUT2D eigenvalue weighted by Crippen LogP contribution is 2.38. The van der Waals surface area contributed by atoms with Crippen LogP contribution in [-0.2, 0) is 16.1 Å². The van der Waals surface area contributed by atoms with Gasteiger partial charge in [0.05, 0.1) is 5.41 Å². The molecule has 0 aromatic heterocycles. The summed E-state index contributed by atoms with van der Waals surface area (Å²) in [5.41, 5.74) is 1.56. The number of guanidine groups is 1. The van der Waals surface area contributed by atoms with Crippen LogP contribution in [0.2, 0.25) is 0 Å². The van der Waals surface area contributed by atoms with Crippen molar-refractivity contribution < 1.29 is 9.59 Å². The molecule has 0 spiro atoms. The molecule has 0 aliphatic heterocycles. The second-order valence-corrected chi connectivity index (χ2v) is 9.49. The van der Waals surface area contributed by atoms with E-state index in [-0.39, 0.29) is 47.1 Å². The third kappa shape index (κ3) is 7.58. The number of hydrogen-bond acceptors (Lipinski definition) is 3. The molecule has 0 radical (unpaired) electrons. The number of nitrogens with zero attached hydrogens (tertiary/aromatic N) is 2. The van der Waals surface area contributed by atoms with Gasteiger partial charge in [-0.3, -0.25) is 14.6 Å². The summed E-state index contributed by atoms with van der Waals surface area (Å²) in [6, 6.07) is 7.95. The Balaban J connectivity index is 0.00000385. The number of halogens is 1. The lowest BCUT2D eigenvalue weighted by Crippen LogP contribution is -2.49. The van der Waals surface area contributed by atoms with E-state index in [0.717, 1.165) is 62.6 Å². The molecule has 3 N–H and O–H groups in total. The molecule has 7 nitrogen and oxygen atoms in total. The number of aliphatic imine (C=N–C) groups is 1. The van der Waals surface area contributed by atoms with E-state index >= 15 is 0 Å². The van der Waals surface area contributed by atoms with Crippen LogP contribution < -0.4 is 16.0 Å². The lowest BCUT2D eigenvalue weighted by Gasteiger charge is -2.31. The summed E-state index contributed by atoms with van der Waals surface area (Å²) < 4.78 is 0. The van der Waals surface area contributed by atoms with Gasteiger partial charge in [-0.25, -0.2) is 0 Å². The first-order valence-corrected chi connectivity index (χ1v) is 12.0. The summed E-state index contributed by atoms with van der Waals surface area (Å²) in [7, 11) is 5.40. The van der Waals surface area contributed by atoms with Gasteiger partial charge in [-0.05, 0) is 43.4 Å². The molecule has 3 rings (SSSR count). The molecule has 2 fully saturated rings. The van der Waals surface area contributed by atoms with Crippen molar-refractivity contribution in [1.82, 2.24) is 15.5 Å². The highest BCUT2D eigenvalue weighted by Gasteiger charge is 2.42. The highest BCUT2D eigenvalue weighted by atomic mass is 127. The maximum Gasteiger partial charge on any atom is 0.230 e. The zero-order valence-electron chi connectivity index (χ0n) is 20.3. The lowest BCUT2D eigenvalue weighted by molar-refractivity contribution is -0.138. The second kappa shape index (κ2) is 13.2. The first kappa shape index (κ1) is 27.4. The van der Waals surface area contributed by atoms with Crippen LogP contribution in [0.15, 0.2) is 29.3 Å². The van der Waals surface area contributed by atoms with E-state index < -0.39 is 0 Å². The van der Waals surface area contributed by atoms with E-state index in [1.807, 2.05) is 38.4 Å². The summed E-state index contributed by atoms with van der Waals surface area (Å²) in [5.74, 6) is 1.15. The Kier molecular flexibility index (Phi) is 10.9. The van der Waals surface area contributed by atoms with Crippen LogP contribution >= 0.6 is 24.0 Å². The van der Waals surface area contributed by atoms with Crippen LogP contribution in [0.1, 0.15) is 63.4 Å². The van der Waals surface area contributed by atoms with Crippen molar-refractivity contribution in [2.45, 2.75) is 64.3 Å². The quantitative estimate of drug-likeness (QED) is 0.262. The lowest BCUT2D eigenvalue weighted by atomic mass is 9.84. The molecule has 33 heavy (non-hydrogen) atoms. The fraction of sp³-hybridized carbons (Fsp3) is 0.640. The zero-order chi connectivity index (χ0) is 23.0. The molecular weight excluding hydrogens is 529 g/mol. The van der Waals surface area contributed by atoms with Gasteiger partial charge in [-0.2, -0.15) is 0 Å². The van der Waals surface area contributed by atoms with Gasteiger partial charge >= 0.3 is 0 Å². The van der Waals surface area contributed by atoms with Crippen molar-refractivity contribution >= 4 is 47.4 Å². The van der Waals surface area contributed by atoms with E-state index in [1.54, 1.807) is 11.9 Å². The molecule has 0 heterocycles. The number of rotatable bonds is 7. The number of carbonyl (C=O) groups is 2. The molecule has 0 bridgehead atoms. The first-order valence-electron chi connectivity index (χ1n) is 12.0. The van der Waals surface area contributed by atoms with Gasteiger partial charge in [0, 0.05) is 45.8 Å². The van der Waals surface area contributed by atoms with Gasteiger partial charge in [0.2, 0.25) is 11.8 Å². The predicted octanol–water partition coefficient (Wildman–Crippen LogP) is 4.14. The molecule has 2 aliphatic carbocycles. The Bertz CT molecular complexity index is 815. The molecule has 1 aromatic rings. The largest absolute Gasteiger partial charge is 0.355 e. The normalized spacial score (nSPS) is 18.2. The van der Waals surface area contributed by atoms with Crippen LogP contribution in [0, 0.1) is 11.3 Å². The SMILES string of the molecule is CN=C(NCc1cccc(NC(=O)C2CCCCC2)c1)NCC1(C(=O)N(C)C)CCCC1.I. The molecular formula is C25H40IN5O2. The average Bonchev–Trinajstić information content (AvgIpc) is 3.29. The fourth-order valence-corrected chi connectivity index (χ4v) is 5.02. The topological polar surface area (TPSA) is 85.8 Å². The van der Waals surface area contributed by atoms with E-state index in [1.165, 1.54) is 6.42 Å². The third-order valence-electron chi connectivity index (χ3n) is 6.87. The molecule has 2 aliphatic rings. The number of benzene rings is 1. The Morgan fingerprint density at radius 1 is 1.06 bits per heavy atom. The van der Waals surface area contributed by atoms with Gasteiger partial charge in [0.15, 0.2) is 5.96 Å². The van der Waals surface area contributed by atoms with Gasteiger partial charge in [0.1, 0.15) is 0 Å². The fourth-order valence-electron chi connectivity index (χ4n) is 5.02. The zero-order valence-corrected chi connectivity index (χ0v) is 22.6. The summed E-state index contributed by atoms with van der Waals surface area (Å²) in [4.78, 5) is 31.4. The second-order valence-electron chi connectivity index (χ2n) is 9.49. The van der Waals surface area contributed by atoms with Crippen LogP contribution in [0.4, 0.5) is 5.69 Å². The van der Waals surface area contributed by atoms with Crippen LogP contribution in [0.25, 0.3) is 0 Å². The molecule has 1 aromatic carbocycles. The van der Waals surface area contributed by atoms with E-state index in [4.69, 9.17) is 0 Å². The first-order chi connectivity index (χ1) is 15.4. The van der Waals surface area contributed by atoms with Gasteiger partial charge < -0.3 is 20.9 Å². The molecule has 8 heteroatoms. The molecule has 0 saturated heterocycles. The van der Waals surface area contributed by atoms with Crippen LogP contribution in [-0.4, -0.2) is 50.4 Å².